The zero-order chi connectivity index (χ0) is 14.9. The molecular formula is C16H13ClF2O. The molecule has 0 aliphatic carbocycles. The first-order valence-electron chi connectivity index (χ1n) is 6.08. The highest BCUT2D eigenvalue weighted by molar-refractivity contribution is 6.30. The first-order chi connectivity index (χ1) is 9.32. The Morgan fingerprint density at radius 1 is 1.05 bits per heavy atom. The summed E-state index contributed by atoms with van der Waals surface area (Å²) in [5, 5.41) is 0.235. The van der Waals surface area contributed by atoms with Crippen molar-refractivity contribution < 1.29 is 13.6 Å². The molecule has 0 radical (unpaired) electrons. The van der Waals surface area contributed by atoms with E-state index >= 15 is 0 Å². The molecule has 0 aliphatic rings. The van der Waals surface area contributed by atoms with E-state index in [1.54, 1.807) is 13.8 Å². The molecule has 0 amide bonds. The molecule has 0 aliphatic heterocycles. The lowest BCUT2D eigenvalue weighted by Gasteiger charge is -2.24. The third-order valence-electron chi connectivity index (χ3n) is 3.31. The number of Topliss-reactive ketones (excluding diaryl/α,β-unsaturated/α-hetero) is 1. The lowest BCUT2D eigenvalue weighted by molar-refractivity contribution is 0.0904. The van der Waals surface area contributed by atoms with Gasteiger partial charge in [0.1, 0.15) is 11.6 Å². The second-order valence-electron chi connectivity index (χ2n) is 5.09. The van der Waals surface area contributed by atoms with Gasteiger partial charge in [-0.3, -0.25) is 4.79 Å². The zero-order valence-corrected chi connectivity index (χ0v) is 11.8. The van der Waals surface area contributed by atoms with E-state index in [1.807, 2.05) is 0 Å². The van der Waals surface area contributed by atoms with E-state index in [-0.39, 0.29) is 22.2 Å². The maximum atomic E-state index is 13.8. The van der Waals surface area contributed by atoms with Crippen LogP contribution in [0.4, 0.5) is 8.78 Å². The van der Waals surface area contributed by atoms with E-state index in [0.29, 0.717) is 5.56 Å². The molecule has 0 fully saturated rings. The Balaban J connectivity index is 2.42. The first kappa shape index (κ1) is 14.7. The molecule has 104 valence electrons. The summed E-state index contributed by atoms with van der Waals surface area (Å²) in [5.41, 5.74) is -0.357. The zero-order valence-electron chi connectivity index (χ0n) is 11.1. The molecule has 4 heteroatoms. The molecule has 0 spiro atoms. The van der Waals surface area contributed by atoms with Crippen LogP contribution in [0.5, 0.6) is 0 Å². The maximum Gasteiger partial charge on any atom is 0.175 e. The number of carbonyl (C=O) groups is 1. The summed E-state index contributed by atoms with van der Waals surface area (Å²) in [6.07, 6.45) is 0. The van der Waals surface area contributed by atoms with Crippen LogP contribution >= 0.6 is 11.6 Å². The summed E-state index contributed by atoms with van der Waals surface area (Å²) in [7, 11) is 0. The summed E-state index contributed by atoms with van der Waals surface area (Å²) in [6.45, 7) is 3.35. The van der Waals surface area contributed by atoms with Crippen molar-refractivity contribution in [2.24, 2.45) is 0 Å². The summed E-state index contributed by atoms with van der Waals surface area (Å²) in [6, 6.07) is 9.56. The third kappa shape index (κ3) is 2.73. The Kier molecular flexibility index (Phi) is 3.91. The van der Waals surface area contributed by atoms with Gasteiger partial charge in [0, 0.05) is 5.02 Å². The van der Waals surface area contributed by atoms with Gasteiger partial charge < -0.3 is 0 Å². The van der Waals surface area contributed by atoms with Crippen LogP contribution in [0.15, 0.2) is 42.5 Å². The maximum absolute atomic E-state index is 13.8. The summed E-state index contributed by atoms with van der Waals surface area (Å²) < 4.78 is 26.8. The molecule has 0 saturated heterocycles. The number of ketones is 1. The molecule has 0 N–H and O–H groups in total. The lowest BCUT2D eigenvalue weighted by atomic mass is 9.78. The minimum atomic E-state index is -0.956. The lowest BCUT2D eigenvalue weighted by Crippen LogP contribution is -2.29. The smallest absolute Gasteiger partial charge is 0.175 e. The van der Waals surface area contributed by atoms with Crippen molar-refractivity contribution >= 4 is 17.4 Å². The number of hydrogen-bond donors (Lipinski definition) is 0. The van der Waals surface area contributed by atoms with Crippen LogP contribution in [-0.4, -0.2) is 5.78 Å². The quantitative estimate of drug-likeness (QED) is 0.745. The topological polar surface area (TPSA) is 17.1 Å². The van der Waals surface area contributed by atoms with Gasteiger partial charge in [0.05, 0.1) is 11.0 Å². The Labute approximate surface area is 121 Å². The van der Waals surface area contributed by atoms with Crippen LogP contribution in [-0.2, 0) is 5.41 Å². The van der Waals surface area contributed by atoms with Crippen LogP contribution in [0.1, 0.15) is 29.8 Å². The fraction of sp³-hybridized carbons (Fsp3) is 0.188. The van der Waals surface area contributed by atoms with E-state index in [4.69, 9.17) is 11.6 Å². The number of hydrogen-bond acceptors (Lipinski definition) is 1. The van der Waals surface area contributed by atoms with E-state index in [2.05, 4.69) is 0 Å². The highest BCUT2D eigenvalue weighted by atomic mass is 35.5. The molecule has 0 unspecified atom stereocenters. The van der Waals surface area contributed by atoms with Gasteiger partial charge in [-0.2, -0.15) is 0 Å². The Hall–Kier alpha value is -1.74. The van der Waals surface area contributed by atoms with Crippen molar-refractivity contribution in [2.45, 2.75) is 19.3 Å². The average Bonchev–Trinajstić information content (AvgIpc) is 2.38. The Bertz CT molecular complexity index is 648. The minimum Gasteiger partial charge on any atom is -0.293 e. The van der Waals surface area contributed by atoms with Crippen molar-refractivity contribution in [3.05, 3.63) is 70.2 Å². The highest BCUT2D eigenvalue weighted by Crippen LogP contribution is 2.29. The third-order valence-corrected chi connectivity index (χ3v) is 3.54. The van der Waals surface area contributed by atoms with Crippen molar-refractivity contribution in [2.75, 3.05) is 0 Å². The molecule has 2 rings (SSSR count). The fourth-order valence-electron chi connectivity index (χ4n) is 2.01. The first-order valence-corrected chi connectivity index (χ1v) is 6.46. The predicted molar refractivity (Wildman–Crippen MR) is 75.2 cm³/mol. The fourth-order valence-corrected chi connectivity index (χ4v) is 2.17. The molecule has 1 nitrogen and oxygen atoms in total. The van der Waals surface area contributed by atoms with Crippen LogP contribution in [0.3, 0.4) is 0 Å². The van der Waals surface area contributed by atoms with Crippen LogP contribution in [0, 0.1) is 11.6 Å². The van der Waals surface area contributed by atoms with E-state index in [0.717, 1.165) is 6.07 Å². The largest absolute Gasteiger partial charge is 0.293 e. The highest BCUT2D eigenvalue weighted by Gasteiger charge is 2.32. The number of benzene rings is 2. The SMILES string of the molecule is CC(C)(C(=O)c1ccc(Cl)cc1F)c1ccc(F)cc1. The van der Waals surface area contributed by atoms with Crippen molar-refractivity contribution in [3.8, 4) is 0 Å². The van der Waals surface area contributed by atoms with E-state index < -0.39 is 11.2 Å². The normalized spacial score (nSPS) is 11.4. The molecule has 0 saturated carbocycles. The molecule has 2 aromatic carbocycles. The van der Waals surface area contributed by atoms with E-state index in [1.165, 1.54) is 36.4 Å². The molecule has 2 aromatic rings. The summed E-state index contributed by atoms with van der Waals surface area (Å²) in [4.78, 5) is 12.5. The number of carbonyl (C=O) groups excluding carboxylic acids is 1. The molecular weight excluding hydrogens is 282 g/mol. The van der Waals surface area contributed by atoms with Crippen molar-refractivity contribution in [3.63, 3.8) is 0 Å². The second-order valence-corrected chi connectivity index (χ2v) is 5.52. The second kappa shape index (κ2) is 5.33. The Morgan fingerprint density at radius 2 is 1.65 bits per heavy atom. The summed E-state index contributed by atoms with van der Waals surface area (Å²) >= 11 is 5.68. The number of rotatable bonds is 3. The van der Waals surface area contributed by atoms with Crippen molar-refractivity contribution in [1.82, 2.24) is 0 Å². The van der Waals surface area contributed by atoms with E-state index in [9.17, 15) is 13.6 Å². The van der Waals surface area contributed by atoms with Crippen molar-refractivity contribution in [1.29, 1.82) is 0 Å². The Morgan fingerprint density at radius 3 is 2.20 bits per heavy atom. The van der Waals surface area contributed by atoms with Crippen LogP contribution < -0.4 is 0 Å². The molecule has 0 bridgehead atoms. The molecule has 0 heterocycles. The molecule has 0 aromatic heterocycles. The van der Waals surface area contributed by atoms with Gasteiger partial charge >= 0.3 is 0 Å². The predicted octanol–water partition coefficient (Wildman–Crippen LogP) is 4.78. The van der Waals surface area contributed by atoms with Gasteiger partial charge in [-0.25, -0.2) is 8.78 Å². The standard InChI is InChI=1S/C16H13ClF2O/c1-16(2,10-3-6-12(18)7-4-10)15(20)13-8-5-11(17)9-14(13)19/h3-9H,1-2H3. The van der Waals surface area contributed by atoms with Crippen LogP contribution in [0.2, 0.25) is 5.02 Å². The van der Waals surface area contributed by atoms with Gasteiger partial charge in [0.15, 0.2) is 5.78 Å². The van der Waals surface area contributed by atoms with Gasteiger partial charge in [-0.05, 0) is 49.7 Å². The average molecular weight is 295 g/mol. The van der Waals surface area contributed by atoms with Gasteiger partial charge in [-0.1, -0.05) is 23.7 Å². The number of halogens is 3. The summed E-state index contributed by atoms with van der Waals surface area (Å²) in [5.74, 6) is -1.41. The van der Waals surface area contributed by atoms with Gasteiger partial charge in [-0.15, -0.1) is 0 Å². The van der Waals surface area contributed by atoms with Crippen LogP contribution in [0.25, 0.3) is 0 Å². The minimum absolute atomic E-state index is 0.0243. The van der Waals surface area contributed by atoms with Gasteiger partial charge in [0.25, 0.3) is 0 Å². The molecule has 20 heavy (non-hydrogen) atoms. The molecule has 0 atom stereocenters. The van der Waals surface area contributed by atoms with Gasteiger partial charge in [0.2, 0.25) is 0 Å². The monoisotopic (exact) mass is 294 g/mol.